The third kappa shape index (κ3) is 6.72. The number of aromatic nitrogens is 1. The van der Waals surface area contributed by atoms with E-state index in [0.717, 1.165) is 25.9 Å². The Morgan fingerprint density at radius 3 is 1.67 bits per heavy atom. The van der Waals surface area contributed by atoms with E-state index in [2.05, 4.69) is 56.2 Å². The Morgan fingerprint density at radius 1 is 0.833 bits per heavy atom. The van der Waals surface area contributed by atoms with Crippen LogP contribution < -0.4 is 0 Å². The number of aryl methyl sites for hydroxylation is 2. The molecular weight excluding hydrogens is 222 g/mol. The lowest BCUT2D eigenvalue weighted by Gasteiger charge is -2.10. The summed E-state index contributed by atoms with van der Waals surface area (Å²) in [6, 6.07) is 6.43. The Balaban J connectivity index is 2.36. The van der Waals surface area contributed by atoms with Crippen molar-refractivity contribution in [3.63, 3.8) is 0 Å². The van der Waals surface area contributed by atoms with Crippen LogP contribution in [0.1, 0.15) is 24.2 Å². The zero-order valence-corrected chi connectivity index (χ0v) is 12.3. The van der Waals surface area contributed by atoms with Crippen molar-refractivity contribution < 1.29 is 0 Å². The van der Waals surface area contributed by atoms with E-state index in [4.69, 9.17) is 4.98 Å². The summed E-state index contributed by atoms with van der Waals surface area (Å²) in [4.78, 5) is 9.18. The van der Waals surface area contributed by atoms with Crippen molar-refractivity contribution in [1.29, 1.82) is 0 Å². The van der Waals surface area contributed by atoms with E-state index in [0.29, 0.717) is 0 Å². The van der Waals surface area contributed by atoms with Crippen molar-refractivity contribution in [1.82, 2.24) is 14.8 Å². The lowest BCUT2D eigenvalue weighted by atomic mass is 10.1. The lowest BCUT2D eigenvalue weighted by molar-refractivity contribution is 0.398. The van der Waals surface area contributed by atoms with Crippen LogP contribution in [0.15, 0.2) is 18.2 Å². The highest BCUT2D eigenvalue weighted by Gasteiger charge is 2.00. The van der Waals surface area contributed by atoms with Crippen LogP contribution in [0.25, 0.3) is 0 Å². The summed E-state index contributed by atoms with van der Waals surface area (Å²) in [6.45, 7) is 2.26. The van der Waals surface area contributed by atoms with Crippen LogP contribution in [0.2, 0.25) is 0 Å². The molecule has 18 heavy (non-hydrogen) atoms. The quantitative estimate of drug-likeness (QED) is 0.703. The smallest absolute Gasteiger partial charge is 0.0407 e. The van der Waals surface area contributed by atoms with Crippen molar-refractivity contribution >= 4 is 0 Å². The lowest BCUT2D eigenvalue weighted by Crippen LogP contribution is -2.14. The summed E-state index contributed by atoms with van der Waals surface area (Å²) < 4.78 is 0. The summed E-state index contributed by atoms with van der Waals surface area (Å²) in [5.41, 5.74) is 2.47. The third-order valence-electron chi connectivity index (χ3n) is 2.94. The molecule has 1 aromatic heterocycles. The van der Waals surface area contributed by atoms with Crippen molar-refractivity contribution in [2.45, 2.75) is 25.7 Å². The second-order valence-electron chi connectivity index (χ2n) is 5.43. The predicted molar refractivity (Wildman–Crippen MR) is 78.0 cm³/mol. The van der Waals surface area contributed by atoms with Crippen LogP contribution in [-0.4, -0.2) is 56.1 Å². The number of pyridine rings is 1. The fraction of sp³-hybridized carbons (Fsp3) is 0.667. The van der Waals surface area contributed by atoms with Crippen LogP contribution in [0, 0.1) is 0 Å². The molecule has 0 amide bonds. The first-order valence-corrected chi connectivity index (χ1v) is 6.82. The van der Waals surface area contributed by atoms with Crippen molar-refractivity contribution in [3.05, 3.63) is 29.6 Å². The Morgan fingerprint density at radius 2 is 1.28 bits per heavy atom. The fourth-order valence-electron chi connectivity index (χ4n) is 1.96. The molecule has 1 aromatic rings. The summed E-state index contributed by atoms with van der Waals surface area (Å²) in [5, 5.41) is 0. The van der Waals surface area contributed by atoms with Gasteiger partial charge in [0.05, 0.1) is 0 Å². The number of nitrogens with zero attached hydrogens (tertiary/aromatic N) is 3. The van der Waals surface area contributed by atoms with Gasteiger partial charge in [0.25, 0.3) is 0 Å². The van der Waals surface area contributed by atoms with E-state index in [9.17, 15) is 0 Å². The van der Waals surface area contributed by atoms with Gasteiger partial charge in [-0.25, -0.2) is 0 Å². The summed E-state index contributed by atoms with van der Waals surface area (Å²) >= 11 is 0. The normalized spacial score (nSPS) is 11.4. The molecule has 0 radical (unpaired) electrons. The van der Waals surface area contributed by atoms with Gasteiger partial charge in [-0.1, -0.05) is 6.07 Å². The molecule has 3 nitrogen and oxygen atoms in total. The number of hydrogen-bond donors (Lipinski definition) is 0. The molecule has 0 aromatic carbocycles. The molecule has 0 aliphatic heterocycles. The molecule has 0 atom stereocenters. The van der Waals surface area contributed by atoms with Crippen molar-refractivity contribution in [2.75, 3.05) is 41.3 Å². The van der Waals surface area contributed by atoms with Gasteiger partial charge in [-0.2, -0.15) is 0 Å². The first-order chi connectivity index (χ1) is 8.58. The summed E-state index contributed by atoms with van der Waals surface area (Å²) in [6.07, 6.45) is 4.53. The second kappa shape index (κ2) is 8.22. The molecule has 0 aliphatic rings. The molecule has 102 valence electrons. The first-order valence-electron chi connectivity index (χ1n) is 6.82. The van der Waals surface area contributed by atoms with Crippen molar-refractivity contribution in [2.24, 2.45) is 0 Å². The molecule has 0 unspecified atom stereocenters. The maximum atomic E-state index is 4.73. The maximum Gasteiger partial charge on any atom is 0.0407 e. The third-order valence-corrected chi connectivity index (χ3v) is 2.94. The zero-order chi connectivity index (χ0) is 13.4. The van der Waals surface area contributed by atoms with Crippen LogP contribution in [-0.2, 0) is 12.8 Å². The molecule has 0 fully saturated rings. The maximum absolute atomic E-state index is 4.73. The molecule has 0 saturated carbocycles. The predicted octanol–water partition coefficient (Wildman–Crippen LogP) is 2.07. The van der Waals surface area contributed by atoms with Gasteiger partial charge in [-0.15, -0.1) is 0 Å². The Bertz CT molecular complexity index is 305. The SMILES string of the molecule is CN(C)CCCc1cccc(CCCN(C)C)n1. The van der Waals surface area contributed by atoms with Crippen LogP contribution in [0.4, 0.5) is 0 Å². The molecule has 0 bridgehead atoms. The van der Waals surface area contributed by atoms with Crippen LogP contribution in [0.5, 0.6) is 0 Å². The molecule has 3 heteroatoms. The van der Waals surface area contributed by atoms with Crippen LogP contribution in [0.3, 0.4) is 0 Å². The van der Waals surface area contributed by atoms with Gasteiger partial charge in [-0.3, -0.25) is 4.98 Å². The van der Waals surface area contributed by atoms with E-state index in [-0.39, 0.29) is 0 Å². The molecule has 0 aliphatic carbocycles. The largest absolute Gasteiger partial charge is 0.309 e. The first kappa shape index (κ1) is 15.1. The number of rotatable bonds is 8. The van der Waals surface area contributed by atoms with Crippen LogP contribution >= 0.6 is 0 Å². The summed E-state index contributed by atoms with van der Waals surface area (Å²) in [5.74, 6) is 0. The molecule has 0 spiro atoms. The topological polar surface area (TPSA) is 19.4 Å². The van der Waals surface area contributed by atoms with Gasteiger partial charge in [-0.05, 0) is 79.1 Å². The monoisotopic (exact) mass is 249 g/mol. The molecule has 1 heterocycles. The molecule has 0 saturated heterocycles. The number of hydrogen-bond acceptors (Lipinski definition) is 3. The highest BCUT2D eigenvalue weighted by Crippen LogP contribution is 2.05. The molecule has 1 rings (SSSR count). The minimum absolute atomic E-state index is 1.08. The minimum atomic E-state index is 1.08. The standard InChI is InChI=1S/C15H27N3/c1-17(2)12-6-10-14-8-5-9-15(16-14)11-7-13-18(3)4/h5,8-9H,6-7,10-13H2,1-4H3. The fourth-order valence-corrected chi connectivity index (χ4v) is 1.96. The van der Waals surface area contributed by atoms with Gasteiger partial charge in [0, 0.05) is 11.4 Å². The highest BCUT2D eigenvalue weighted by molar-refractivity contribution is 5.11. The Labute approximate surface area is 112 Å². The van der Waals surface area contributed by atoms with Gasteiger partial charge in [0.1, 0.15) is 0 Å². The van der Waals surface area contributed by atoms with E-state index < -0.39 is 0 Å². The van der Waals surface area contributed by atoms with E-state index in [1.165, 1.54) is 24.2 Å². The minimum Gasteiger partial charge on any atom is -0.309 e. The average Bonchev–Trinajstić information content (AvgIpc) is 2.28. The van der Waals surface area contributed by atoms with E-state index >= 15 is 0 Å². The van der Waals surface area contributed by atoms with Gasteiger partial charge < -0.3 is 9.80 Å². The van der Waals surface area contributed by atoms with Gasteiger partial charge >= 0.3 is 0 Å². The summed E-state index contributed by atoms with van der Waals surface area (Å²) in [7, 11) is 8.46. The van der Waals surface area contributed by atoms with Gasteiger partial charge in [0.2, 0.25) is 0 Å². The zero-order valence-electron chi connectivity index (χ0n) is 12.3. The Hall–Kier alpha value is -0.930. The molecular formula is C15H27N3. The molecule has 0 N–H and O–H groups in total. The average molecular weight is 249 g/mol. The second-order valence-corrected chi connectivity index (χ2v) is 5.43. The highest BCUT2D eigenvalue weighted by atomic mass is 15.0. The van der Waals surface area contributed by atoms with E-state index in [1.807, 2.05) is 0 Å². The van der Waals surface area contributed by atoms with Crippen molar-refractivity contribution in [3.8, 4) is 0 Å². The Kier molecular flexibility index (Phi) is 6.91. The van der Waals surface area contributed by atoms with E-state index in [1.54, 1.807) is 0 Å². The van der Waals surface area contributed by atoms with Gasteiger partial charge in [0.15, 0.2) is 0 Å².